The van der Waals surface area contributed by atoms with E-state index >= 15 is 0 Å². The molecule has 1 aliphatic carbocycles. The fourth-order valence-electron chi connectivity index (χ4n) is 2.54. The fraction of sp³-hybridized carbons (Fsp3) is 0.286. The molecular weight excluding hydrogens is 228 g/mol. The van der Waals surface area contributed by atoms with Gasteiger partial charge >= 0.3 is 0 Å². The number of hydrogen-bond donors (Lipinski definition) is 0. The summed E-state index contributed by atoms with van der Waals surface area (Å²) in [7, 11) is 2.09. The van der Waals surface area contributed by atoms with Crippen molar-refractivity contribution in [2.75, 3.05) is 0 Å². The number of hydrogen-bond acceptors (Lipinski definition) is 2. The third-order valence-corrected chi connectivity index (χ3v) is 3.75. The van der Waals surface area contributed by atoms with Crippen molar-refractivity contribution in [3.8, 4) is 11.4 Å². The van der Waals surface area contributed by atoms with Crippen molar-refractivity contribution < 1.29 is 0 Å². The predicted octanol–water partition coefficient (Wildman–Crippen LogP) is 3.31. The molecule has 0 N–H and O–H groups in total. The molecule has 0 bridgehead atoms. The number of nitrogens with zero attached hydrogens (tertiary/aromatic N) is 2. The molecule has 0 amide bonds. The fourth-order valence-corrected chi connectivity index (χ4v) is 2.85. The molecular formula is C14H14N2S. The highest BCUT2D eigenvalue weighted by Gasteiger charge is 2.18. The molecule has 3 heteroatoms. The molecule has 1 aliphatic rings. The molecule has 0 saturated heterocycles. The molecule has 0 spiro atoms. The first kappa shape index (κ1) is 10.7. The van der Waals surface area contributed by atoms with Crippen LogP contribution in [0.3, 0.4) is 0 Å². The molecule has 2 aromatic rings. The molecule has 0 unspecified atom stereocenters. The van der Waals surface area contributed by atoms with Crippen LogP contribution in [0.5, 0.6) is 0 Å². The van der Waals surface area contributed by atoms with E-state index in [-0.39, 0.29) is 0 Å². The molecule has 1 aromatic carbocycles. The van der Waals surface area contributed by atoms with Gasteiger partial charge in [-0.1, -0.05) is 42.5 Å². The van der Waals surface area contributed by atoms with E-state index in [2.05, 4.69) is 28.7 Å². The minimum Gasteiger partial charge on any atom is -0.332 e. The largest absolute Gasteiger partial charge is 0.332 e. The van der Waals surface area contributed by atoms with E-state index in [1.807, 2.05) is 18.2 Å². The van der Waals surface area contributed by atoms with Crippen molar-refractivity contribution in [2.45, 2.75) is 19.3 Å². The van der Waals surface area contributed by atoms with Gasteiger partial charge in [0.25, 0.3) is 0 Å². The van der Waals surface area contributed by atoms with Crippen LogP contribution in [0.15, 0.2) is 30.3 Å². The van der Waals surface area contributed by atoms with E-state index in [1.54, 1.807) is 0 Å². The van der Waals surface area contributed by atoms with E-state index in [4.69, 9.17) is 12.2 Å². The first-order chi connectivity index (χ1) is 8.27. The summed E-state index contributed by atoms with van der Waals surface area (Å²) in [6.45, 7) is 0. The third kappa shape index (κ3) is 1.71. The summed E-state index contributed by atoms with van der Waals surface area (Å²) in [6, 6.07) is 10.3. The lowest BCUT2D eigenvalue weighted by Gasteiger charge is -2.13. The van der Waals surface area contributed by atoms with Gasteiger partial charge in [0.15, 0.2) is 0 Å². The zero-order chi connectivity index (χ0) is 11.8. The number of rotatable bonds is 1. The first-order valence-corrected chi connectivity index (χ1v) is 6.32. The molecule has 1 heterocycles. The molecule has 17 heavy (non-hydrogen) atoms. The second kappa shape index (κ2) is 4.08. The Morgan fingerprint density at radius 1 is 1.18 bits per heavy atom. The van der Waals surface area contributed by atoms with Crippen LogP contribution in [0, 0.1) is 4.64 Å². The summed E-state index contributed by atoms with van der Waals surface area (Å²) in [5, 5.41) is 0. The summed E-state index contributed by atoms with van der Waals surface area (Å²) in [5.74, 6) is 0.983. The zero-order valence-corrected chi connectivity index (χ0v) is 10.6. The monoisotopic (exact) mass is 242 g/mol. The zero-order valence-electron chi connectivity index (χ0n) is 9.81. The Morgan fingerprint density at radius 3 is 2.71 bits per heavy atom. The van der Waals surface area contributed by atoms with Crippen LogP contribution in [0.2, 0.25) is 0 Å². The predicted molar refractivity (Wildman–Crippen MR) is 71.5 cm³/mol. The van der Waals surface area contributed by atoms with Gasteiger partial charge in [-0.25, -0.2) is 4.98 Å². The number of benzene rings is 1. The quantitative estimate of drug-likeness (QED) is 0.714. The normalized spacial score (nSPS) is 13.7. The average molecular weight is 242 g/mol. The van der Waals surface area contributed by atoms with Crippen LogP contribution >= 0.6 is 12.2 Å². The minimum absolute atomic E-state index is 0.787. The van der Waals surface area contributed by atoms with E-state index in [0.717, 1.165) is 28.9 Å². The Morgan fingerprint density at radius 2 is 1.94 bits per heavy atom. The van der Waals surface area contributed by atoms with Crippen LogP contribution in [0.1, 0.15) is 17.7 Å². The maximum atomic E-state index is 5.40. The molecule has 0 atom stereocenters. The summed E-state index contributed by atoms with van der Waals surface area (Å²) in [4.78, 5) is 4.59. The average Bonchev–Trinajstić information content (AvgIpc) is 2.85. The highest BCUT2D eigenvalue weighted by Crippen LogP contribution is 2.26. The van der Waals surface area contributed by atoms with Crippen LogP contribution in [-0.4, -0.2) is 9.55 Å². The van der Waals surface area contributed by atoms with Crippen molar-refractivity contribution in [1.29, 1.82) is 0 Å². The summed E-state index contributed by atoms with van der Waals surface area (Å²) in [6.07, 6.45) is 3.41. The van der Waals surface area contributed by atoms with Gasteiger partial charge in [-0.2, -0.15) is 0 Å². The maximum absolute atomic E-state index is 5.40. The van der Waals surface area contributed by atoms with Crippen molar-refractivity contribution in [3.63, 3.8) is 0 Å². The van der Waals surface area contributed by atoms with Crippen molar-refractivity contribution >= 4 is 12.2 Å². The Hall–Kier alpha value is -1.48. The number of fused-ring (bicyclic) bond motifs is 1. The molecule has 1 aromatic heterocycles. The smallest absolute Gasteiger partial charge is 0.141 e. The van der Waals surface area contributed by atoms with Crippen LogP contribution in [0.25, 0.3) is 11.4 Å². The first-order valence-electron chi connectivity index (χ1n) is 5.91. The van der Waals surface area contributed by atoms with Crippen LogP contribution in [0.4, 0.5) is 0 Å². The van der Waals surface area contributed by atoms with Gasteiger partial charge in [0, 0.05) is 23.9 Å². The SMILES string of the molecule is Cn1c(-c2ccccc2)nc(=S)c2c1CCC2. The van der Waals surface area contributed by atoms with Crippen LogP contribution in [-0.2, 0) is 19.9 Å². The van der Waals surface area contributed by atoms with Gasteiger partial charge in [-0.15, -0.1) is 0 Å². The van der Waals surface area contributed by atoms with E-state index in [1.165, 1.54) is 17.7 Å². The highest BCUT2D eigenvalue weighted by molar-refractivity contribution is 7.71. The second-order valence-electron chi connectivity index (χ2n) is 4.44. The topological polar surface area (TPSA) is 17.8 Å². The number of aromatic nitrogens is 2. The van der Waals surface area contributed by atoms with Crippen molar-refractivity contribution in [1.82, 2.24) is 9.55 Å². The summed E-state index contributed by atoms with van der Waals surface area (Å²) < 4.78 is 2.99. The maximum Gasteiger partial charge on any atom is 0.141 e. The van der Waals surface area contributed by atoms with Gasteiger partial charge < -0.3 is 4.57 Å². The van der Waals surface area contributed by atoms with Gasteiger partial charge in [-0.05, 0) is 19.3 Å². The molecule has 86 valence electrons. The lowest BCUT2D eigenvalue weighted by Crippen LogP contribution is -2.07. The molecule has 3 rings (SSSR count). The molecule has 0 aliphatic heterocycles. The highest BCUT2D eigenvalue weighted by atomic mass is 32.1. The lowest BCUT2D eigenvalue weighted by molar-refractivity contribution is 0.793. The Labute approximate surface area is 106 Å². The summed E-state index contributed by atoms with van der Waals surface area (Å²) in [5.41, 5.74) is 3.78. The standard InChI is InChI=1S/C14H14N2S/c1-16-12-9-5-8-11(12)14(17)15-13(16)10-6-3-2-4-7-10/h2-4,6-7H,5,8-9H2,1H3. The van der Waals surface area contributed by atoms with Crippen LogP contribution < -0.4 is 0 Å². The van der Waals surface area contributed by atoms with E-state index in [0.29, 0.717) is 0 Å². The molecule has 0 radical (unpaired) electrons. The molecule has 0 fully saturated rings. The van der Waals surface area contributed by atoms with Gasteiger partial charge in [0.2, 0.25) is 0 Å². The molecule has 2 nitrogen and oxygen atoms in total. The third-order valence-electron chi connectivity index (χ3n) is 3.41. The Bertz CT molecular complexity index is 614. The summed E-state index contributed by atoms with van der Waals surface area (Å²) >= 11 is 5.40. The van der Waals surface area contributed by atoms with E-state index < -0.39 is 0 Å². The lowest BCUT2D eigenvalue weighted by atomic mass is 10.2. The Balaban J connectivity index is 2.26. The van der Waals surface area contributed by atoms with Gasteiger partial charge in [0.1, 0.15) is 10.5 Å². The minimum atomic E-state index is 0.787. The second-order valence-corrected chi connectivity index (χ2v) is 4.83. The Kier molecular flexibility index (Phi) is 2.56. The van der Waals surface area contributed by atoms with E-state index in [9.17, 15) is 0 Å². The molecule has 0 saturated carbocycles. The van der Waals surface area contributed by atoms with Crippen molar-refractivity contribution in [2.24, 2.45) is 7.05 Å². The van der Waals surface area contributed by atoms with Crippen molar-refractivity contribution in [3.05, 3.63) is 46.2 Å². The van der Waals surface area contributed by atoms with Gasteiger partial charge in [-0.3, -0.25) is 0 Å². The van der Waals surface area contributed by atoms with Gasteiger partial charge in [0.05, 0.1) is 0 Å².